The molecule has 2 aliphatic carbocycles. The van der Waals surface area contributed by atoms with Gasteiger partial charge in [0.15, 0.2) is 34.7 Å². The summed E-state index contributed by atoms with van der Waals surface area (Å²) in [6, 6.07) is 15.7. The van der Waals surface area contributed by atoms with E-state index in [2.05, 4.69) is 88.0 Å². The van der Waals surface area contributed by atoms with E-state index in [-0.39, 0.29) is 86.9 Å². The van der Waals surface area contributed by atoms with Gasteiger partial charge in [-0.3, -0.25) is 29.3 Å². The van der Waals surface area contributed by atoms with Crippen LogP contribution in [0.1, 0.15) is 124 Å². The SMILES string of the molecule is C.CCOc1cccnc1Oc1cncc(-c2ncc(C(=O)N[C@@H]3CCC[C@@H](C)C3)cn2)c1.CCOc1cccnc1Oc1cncc(-c2ncc(C(=O)N[C@@H]3CCC[C@@H](F)C3)cn2)c1.CCOc1cccnc1Oc1cncc(-c2ncc(C(=O)N[C@@H]3CNC[C@@H](F)C3)cn2)c1.Cl.Cl.Cl. The molecule has 3 fully saturated rings. The monoisotopic (exact) mass is 1430 g/mol. The minimum Gasteiger partial charge on any atom is -0.488 e. The molecule has 530 valence electrons. The molecule has 6 atom stereocenters. The van der Waals surface area contributed by atoms with Crippen molar-refractivity contribution < 1.29 is 51.6 Å². The highest BCUT2D eigenvalue weighted by Crippen LogP contribution is 2.34. The van der Waals surface area contributed by atoms with Gasteiger partial charge < -0.3 is 49.7 Å². The van der Waals surface area contributed by atoms with Crippen molar-refractivity contribution in [3.05, 3.63) is 164 Å². The van der Waals surface area contributed by atoms with E-state index >= 15 is 0 Å². The van der Waals surface area contributed by atoms with E-state index in [4.69, 9.17) is 28.4 Å². The molecule has 25 nitrogen and oxygen atoms in total. The summed E-state index contributed by atoms with van der Waals surface area (Å²) < 4.78 is 61.2. The first-order chi connectivity index (χ1) is 46.9. The summed E-state index contributed by atoms with van der Waals surface area (Å²) in [5, 5.41) is 11.7. The molecule has 0 bridgehead atoms. The molecule has 1 aliphatic heterocycles. The van der Waals surface area contributed by atoms with Crippen molar-refractivity contribution >= 4 is 54.9 Å². The Morgan fingerprint density at radius 1 is 0.450 bits per heavy atom. The third-order valence-electron chi connectivity index (χ3n) is 15.3. The van der Waals surface area contributed by atoms with Crippen LogP contribution in [0.25, 0.3) is 34.2 Å². The Morgan fingerprint density at radius 3 is 1.15 bits per heavy atom. The van der Waals surface area contributed by atoms with Gasteiger partial charge in [-0.05, 0) is 120 Å². The molecule has 100 heavy (non-hydrogen) atoms. The predicted octanol–water partition coefficient (Wildman–Crippen LogP) is 13.0. The van der Waals surface area contributed by atoms with Gasteiger partial charge in [-0.15, -0.1) is 37.2 Å². The molecular weight excluding hydrogens is 1350 g/mol. The molecule has 30 heteroatoms. The molecule has 0 unspecified atom stereocenters. The summed E-state index contributed by atoms with van der Waals surface area (Å²) >= 11 is 0. The largest absolute Gasteiger partial charge is 0.488 e. The van der Waals surface area contributed by atoms with Crippen molar-refractivity contribution in [3.8, 4) is 86.3 Å². The molecule has 9 aromatic rings. The highest BCUT2D eigenvalue weighted by atomic mass is 35.5. The van der Waals surface area contributed by atoms with Crippen molar-refractivity contribution in [2.24, 2.45) is 5.92 Å². The van der Waals surface area contributed by atoms with Crippen LogP contribution in [0.2, 0.25) is 0 Å². The van der Waals surface area contributed by atoms with E-state index in [1.165, 1.54) is 31.2 Å². The Kier molecular flexibility index (Phi) is 31.8. The molecule has 2 saturated carbocycles. The van der Waals surface area contributed by atoms with Gasteiger partial charge in [0.1, 0.15) is 29.6 Å². The fourth-order valence-corrected chi connectivity index (χ4v) is 10.7. The molecule has 1 saturated heterocycles. The first kappa shape index (κ1) is 79.0. The lowest BCUT2D eigenvalue weighted by molar-refractivity contribution is 0.0904. The third-order valence-corrected chi connectivity index (χ3v) is 15.3. The van der Waals surface area contributed by atoms with Crippen LogP contribution in [0.5, 0.6) is 52.1 Å². The fraction of sp³-hybridized carbons (Fsp3) is 0.357. The van der Waals surface area contributed by atoms with Crippen molar-refractivity contribution in [2.45, 2.75) is 123 Å². The van der Waals surface area contributed by atoms with Gasteiger partial charge in [-0.25, -0.2) is 53.6 Å². The minimum atomic E-state index is -0.967. The second-order valence-electron chi connectivity index (χ2n) is 22.7. The second kappa shape index (κ2) is 40.2. The summed E-state index contributed by atoms with van der Waals surface area (Å²) in [5.74, 6) is 5.11. The van der Waals surface area contributed by atoms with E-state index in [9.17, 15) is 23.2 Å². The van der Waals surface area contributed by atoms with Crippen LogP contribution >= 0.6 is 37.2 Å². The molecule has 9 aromatic heterocycles. The Hall–Kier alpha value is -9.96. The third kappa shape index (κ3) is 23.1. The molecular formula is C70H81Cl3F2N16O9. The number of halogens is 5. The zero-order valence-corrected chi connectivity index (χ0v) is 57.2. The van der Waals surface area contributed by atoms with Crippen LogP contribution in [-0.4, -0.2) is 141 Å². The molecule has 0 spiro atoms. The highest BCUT2D eigenvalue weighted by Gasteiger charge is 2.26. The molecule has 3 aliphatic rings. The van der Waals surface area contributed by atoms with Crippen molar-refractivity contribution in [3.63, 3.8) is 0 Å². The van der Waals surface area contributed by atoms with Crippen molar-refractivity contribution in [1.82, 2.24) is 81.1 Å². The minimum absolute atomic E-state index is 0. The standard InChI is InChI=1S/C24H27N5O3.C23H24FN5O3.C22H23FN6O3.CH4.3ClH/c1-3-31-21-8-5-9-26-24(21)32-20-11-17(12-25-15-20)22-27-13-18(14-28-22)23(30)29-19-7-4-6-16(2)10-19;1-2-31-20-7-4-8-26-23(20)32-19-9-15(11-25-14-19)21-27-12-16(13-28-21)22(30)29-18-6-3-5-17(24)10-18;1-2-31-19-4-3-5-26-22(19)32-18-6-14(8-24-13-18)20-27-9-15(10-28-20)21(30)29-17-7-16(23)11-25-12-17;;;;/h5,8-9,11-16,19H,3-4,6-7,10H2,1-2H3,(H,29,30);4,7-9,11-14,17-18H,2-3,5-6,10H2,1H3,(H,29,30);3-6,8-10,13,16-17,25H,2,7,11-12H2,1H3,(H,29,30);1H4;3*1H/t16-,19-;17-,18-;16-,17-;;;;/m110..../s1. The number of ether oxygens (including phenoxy) is 6. The maximum atomic E-state index is 13.6. The zero-order valence-electron chi connectivity index (χ0n) is 54.7. The van der Waals surface area contributed by atoms with E-state index in [1.807, 2.05) is 20.8 Å². The number of nitrogens with one attached hydrogen (secondary N) is 4. The number of hydrogen-bond donors (Lipinski definition) is 4. The predicted molar refractivity (Wildman–Crippen MR) is 378 cm³/mol. The van der Waals surface area contributed by atoms with Crippen LogP contribution in [0.4, 0.5) is 8.78 Å². The molecule has 0 radical (unpaired) electrons. The summed E-state index contributed by atoms with van der Waals surface area (Å²) in [5.41, 5.74) is 2.97. The fourth-order valence-electron chi connectivity index (χ4n) is 10.7. The summed E-state index contributed by atoms with van der Waals surface area (Å²) in [7, 11) is 0. The Morgan fingerprint density at radius 2 is 0.800 bits per heavy atom. The number of aromatic nitrogens is 12. The number of carbonyl (C=O) groups is 3. The summed E-state index contributed by atoms with van der Waals surface area (Å²) in [6.07, 6.45) is 28.6. The molecule has 4 N–H and O–H groups in total. The maximum absolute atomic E-state index is 13.6. The average Bonchev–Trinajstić information content (AvgIpc) is 0.846. The van der Waals surface area contributed by atoms with Gasteiger partial charge in [-0.2, -0.15) is 0 Å². The number of carbonyl (C=O) groups excluding carboxylic acids is 3. The Balaban J connectivity index is 0.000000232. The lowest BCUT2D eigenvalue weighted by atomic mass is 9.87. The van der Waals surface area contributed by atoms with Crippen LogP contribution in [0.3, 0.4) is 0 Å². The van der Waals surface area contributed by atoms with E-state index in [0.29, 0.717) is 155 Å². The summed E-state index contributed by atoms with van der Waals surface area (Å²) in [6.45, 7) is 10.2. The molecule has 12 rings (SSSR count). The summed E-state index contributed by atoms with van der Waals surface area (Å²) in [4.78, 5) is 88.5. The highest BCUT2D eigenvalue weighted by molar-refractivity contribution is 5.95. The topological polar surface area (TPSA) is 309 Å². The number of rotatable bonds is 21. The van der Waals surface area contributed by atoms with Gasteiger partial charge >= 0.3 is 0 Å². The number of pyridine rings is 6. The van der Waals surface area contributed by atoms with Crippen LogP contribution < -0.4 is 49.7 Å². The smallest absolute Gasteiger partial charge is 0.262 e. The van der Waals surface area contributed by atoms with E-state index in [1.54, 1.807) is 123 Å². The number of piperidine rings is 1. The van der Waals surface area contributed by atoms with E-state index < -0.39 is 12.3 Å². The first-order valence-electron chi connectivity index (χ1n) is 31.9. The van der Waals surface area contributed by atoms with Gasteiger partial charge in [-0.1, -0.05) is 27.2 Å². The maximum Gasteiger partial charge on any atom is 0.262 e. The van der Waals surface area contributed by atoms with Gasteiger partial charge in [0.05, 0.1) is 55.1 Å². The molecule has 3 amide bonds. The second-order valence-corrected chi connectivity index (χ2v) is 22.7. The number of alkyl halides is 2. The number of hydrogen-bond acceptors (Lipinski definition) is 22. The van der Waals surface area contributed by atoms with Crippen LogP contribution in [0.15, 0.2) is 148 Å². The number of nitrogens with zero attached hydrogens (tertiary/aromatic N) is 12. The zero-order chi connectivity index (χ0) is 67.0. The van der Waals surface area contributed by atoms with Crippen LogP contribution in [0, 0.1) is 5.92 Å². The van der Waals surface area contributed by atoms with Crippen molar-refractivity contribution in [2.75, 3.05) is 32.9 Å². The lowest BCUT2D eigenvalue weighted by Crippen LogP contribution is -2.49. The van der Waals surface area contributed by atoms with Gasteiger partial charge in [0.2, 0.25) is 0 Å². The Labute approximate surface area is 597 Å². The average molecular weight is 1430 g/mol. The quantitative estimate of drug-likeness (QED) is 0.0519. The Bertz CT molecular complexity index is 3610. The number of amides is 3. The van der Waals surface area contributed by atoms with Gasteiger partial charge in [0.25, 0.3) is 35.4 Å². The van der Waals surface area contributed by atoms with Crippen LogP contribution in [-0.2, 0) is 0 Å². The van der Waals surface area contributed by atoms with Gasteiger partial charge in [0, 0.05) is 129 Å². The molecule has 10 heterocycles. The van der Waals surface area contributed by atoms with E-state index in [0.717, 1.165) is 32.1 Å². The molecule has 0 aromatic carbocycles. The van der Waals surface area contributed by atoms with Crippen molar-refractivity contribution in [1.29, 1.82) is 0 Å². The first-order valence-corrected chi connectivity index (χ1v) is 31.9. The normalized spacial score (nSPS) is 17.3. The lowest BCUT2D eigenvalue weighted by Gasteiger charge is -2.27.